The fourth-order valence-electron chi connectivity index (χ4n) is 3.95. The largest absolute Gasteiger partial charge is 0.469 e. The summed E-state index contributed by atoms with van der Waals surface area (Å²) in [5, 5.41) is 10.0. The average Bonchev–Trinajstić information content (AvgIpc) is 3.16. The molecule has 11 heteroatoms. The highest BCUT2D eigenvalue weighted by molar-refractivity contribution is 6.36. The molecule has 0 bridgehead atoms. The van der Waals surface area contributed by atoms with Crippen molar-refractivity contribution in [2.24, 2.45) is 5.92 Å². The number of anilines is 1. The van der Waals surface area contributed by atoms with Gasteiger partial charge < -0.3 is 14.1 Å². The zero-order valence-corrected chi connectivity index (χ0v) is 17.8. The number of nitrogens with zero attached hydrogens (tertiary/aromatic N) is 4. The summed E-state index contributed by atoms with van der Waals surface area (Å²) in [5.41, 5.74) is 2.45. The highest BCUT2D eigenvalue weighted by atomic mass is 35.5. The summed E-state index contributed by atoms with van der Waals surface area (Å²) in [6.07, 6.45) is 6.83. The number of nitrogens with one attached hydrogen (secondary N) is 2. The van der Waals surface area contributed by atoms with Crippen LogP contribution in [-0.4, -0.2) is 36.6 Å². The van der Waals surface area contributed by atoms with Crippen LogP contribution in [-0.2, 0) is 4.79 Å². The van der Waals surface area contributed by atoms with Crippen LogP contribution in [0.3, 0.4) is 0 Å². The number of fused-ring (bicyclic) bond motifs is 2. The van der Waals surface area contributed by atoms with Gasteiger partial charge in [0.1, 0.15) is 11.9 Å². The number of aryl methyl sites for hydroxylation is 1. The Hall–Kier alpha value is -3.79. The van der Waals surface area contributed by atoms with Crippen LogP contribution in [0.5, 0.6) is 0 Å². The molecule has 1 fully saturated rings. The Morgan fingerprint density at radius 3 is 2.88 bits per heavy atom. The molecule has 2 N–H and O–H groups in total. The number of alkyl halides is 1. The summed E-state index contributed by atoms with van der Waals surface area (Å²) in [6, 6.07) is 1.72. The van der Waals surface area contributed by atoms with Gasteiger partial charge in [-0.25, -0.2) is 13.8 Å². The molecule has 33 heavy (non-hydrogen) atoms. The molecule has 1 saturated carbocycles. The first-order valence-electron chi connectivity index (χ1n) is 10.1. The van der Waals surface area contributed by atoms with E-state index >= 15 is 4.39 Å². The quantitative estimate of drug-likeness (QED) is 0.389. The van der Waals surface area contributed by atoms with Gasteiger partial charge in [-0.05, 0) is 19.4 Å². The van der Waals surface area contributed by atoms with Gasteiger partial charge in [-0.2, -0.15) is 5.10 Å². The summed E-state index contributed by atoms with van der Waals surface area (Å²) in [7, 11) is 0. The van der Waals surface area contributed by atoms with Crippen molar-refractivity contribution in [3.8, 4) is 22.4 Å². The second-order valence-corrected chi connectivity index (χ2v) is 8.37. The molecule has 2 atom stereocenters. The van der Waals surface area contributed by atoms with E-state index in [4.69, 9.17) is 16.0 Å². The number of hydrogen-bond acceptors (Lipinski definition) is 5. The summed E-state index contributed by atoms with van der Waals surface area (Å²) in [5.74, 6) is -0.757. The fraction of sp³-hybridized carbons (Fsp3) is 0.182. The van der Waals surface area contributed by atoms with E-state index in [0.29, 0.717) is 39.1 Å². The van der Waals surface area contributed by atoms with Gasteiger partial charge in [0.2, 0.25) is 5.91 Å². The molecular formula is C22H15ClF2N6O2. The average molecular weight is 469 g/mol. The molecule has 6 rings (SSSR count). The first-order valence-corrected chi connectivity index (χ1v) is 10.5. The maximum absolute atomic E-state index is 15.5. The number of carbonyl (C=O) groups is 1. The summed E-state index contributed by atoms with van der Waals surface area (Å²) in [6.45, 7) is 1.77. The van der Waals surface area contributed by atoms with Crippen LogP contribution in [0.15, 0.2) is 41.5 Å². The molecule has 0 unspecified atom stereocenters. The smallest absolute Gasteiger partial charge is 0.231 e. The lowest BCUT2D eigenvalue weighted by atomic mass is 9.99. The molecule has 0 saturated heterocycles. The minimum Gasteiger partial charge on any atom is -0.469 e. The van der Waals surface area contributed by atoms with E-state index in [1.165, 1.54) is 12.5 Å². The number of amides is 1. The Morgan fingerprint density at radius 1 is 1.33 bits per heavy atom. The van der Waals surface area contributed by atoms with Crippen molar-refractivity contribution in [1.82, 2.24) is 24.6 Å². The standard InChI is InChI=1S/C22H15ClF2N6O2/c1-9-2-10(8-33-9)17-20(25)19(23)18(12-4-27-30-21(12)17)14-6-31-7-15(28-16(31)5-26-14)29-22(32)11-3-13(11)24/h2,4-8,11,13H,3H2,1H3,(H,27,30)(H,29,32)/t11-,13+/m1/s1. The maximum Gasteiger partial charge on any atom is 0.231 e. The van der Waals surface area contributed by atoms with Crippen LogP contribution in [0, 0.1) is 18.7 Å². The van der Waals surface area contributed by atoms with Crippen LogP contribution in [0.25, 0.3) is 38.9 Å². The molecule has 1 amide bonds. The van der Waals surface area contributed by atoms with Gasteiger partial charge in [0.25, 0.3) is 0 Å². The van der Waals surface area contributed by atoms with Crippen LogP contribution >= 0.6 is 11.6 Å². The second-order valence-electron chi connectivity index (χ2n) is 7.99. The lowest BCUT2D eigenvalue weighted by molar-refractivity contribution is -0.117. The number of aromatic nitrogens is 5. The van der Waals surface area contributed by atoms with Gasteiger partial charge >= 0.3 is 0 Å². The molecule has 0 aliphatic heterocycles. The number of imidazole rings is 1. The zero-order valence-electron chi connectivity index (χ0n) is 17.1. The van der Waals surface area contributed by atoms with Gasteiger partial charge in [0, 0.05) is 28.3 Å². The molecule has 0 radical (unpaired) electrons. The molecular weight excluding hydrogens is 454 g/mol. The first kappa shape index (κ1) is 19.9. The van der Waals surface area contributed by atoms with Crippen molar-refractivity contribution >= 4 is 39.9 Å². The molecule has 8 nitrogen and oxygen atoms in total. The molecule has 5 aromatic rings. The third-order valence-electron chi connectivity index (χ3n) is 5.71. The number of hydrogen-bond donors (Lipinski definition) is 2. The van der Waals surface area contributed by atoms with E-state index in [-0.39, 0.29) is 22.8 Å². The zero-order chi connectivity index (χ0) is 22.9. The van der Waals surface area contributed by atoms with Crippen LogP contribution in [0.4, 0.5) is 14.6 Å². The molecule has 4 aromatic heterocycles. The van der Waals surface area contributed by atoms with Gasteiger partial charge in [0.15, 0.2) is 17.3 Å². The Morgan fingerprint density at radius 2 is 2.15 bits per heavy atom. The summed E-state index contributed by atoms with van der Waals surface area (Å²) in [4.78, 5) is 20.7. The molecule has 1 aromatic carbocycles. The van der Waals surface area contributed by atoms with Crippen molar-refractivity contribution in [1.29, 1.82) is 0 Å². The van der Waals surface area contributed by atoms with Crippen LogP contribution in [0.2, 0.25) is 5.02 Å². The molecule has 1 aliphatic rings. The number of furan rings is 1. The van der Waals surface area contributed by atoms with Crippen molar-refractivity contribution in [3.05, 3.63) is 53.7 Å². The predicted molar refractivity (Wildman–Crippen MR) is 117 cm³/mol. The molecule has 166 valence electrons. The van der Waals surface area contributed by atoms with Crippen molar-refractivity contribution < 1.29 is 18.0 Å². The minimum absolute atomic E-state index is 0.110. The highest BCUT2D eigenvalue weighted by Crippen LogP contribution is 2.42. The molecule has 4 heterocycles. The normalized spacial score (nSPS) is 17.7. The number of aromatic amines is 1. The first-order chi connectivity index (χ1) is 15.9. The maximum atomic E-state index is 15.5. The van der Waals surface area contributed by atoms with Crippen LogP contribution < -0.4 is 5.32 Å². The van der Waals surface area contributed by atoms with Gasteiger partial charge in [-0.1, -0.05) is 11.6 Å². The Labute approximate surface area is 189 Å². The second kappa shape index (κ2) is 7.11. The monoisotopic (exact) mass is 468 g/mol. The van der Waals surface area contributed by atoms with Crippen molar-refractivity contribution in [3.63, 3.8) is 0 Å². The van der Waals surface area contributed by atoms with E-state index in [0.717, 1.165) is 0 Å². The fourth-order valence-corrected chi connectivity index (χ4v) is 4.25. The topological polar surface area (TPSA) is 101 Å². The van der Waals surface area contributed by atoms with Crippen molar-refractivity contribution in [2.45, 2.75) is 19.5 Å². The highest BCUT2D eigenvalue weighted by Gasteiger charge is 2.43. The van der Waals surface area contributed by atoms with Crippen molar-refractivity contribution in [2.75, 3.05) is 5.32 Å². The van der Waals surface area contributed by atoms with E-state index in [9.17, 15) is 9.18 Å². The van der Waals surface area contributed by atoms with E-state index < -0.39 is 23.8 Å². The summed E-state index contributed by atoms with van der Waals surface area (Å²) < 4.78 is 35.6. The Kier molecular flexibility index (Phi) is 4.28. The Bertz CT molecular complexity index is 1570. The van der Waals surface area contributed by atoms with E-state index in [2.05, 4.69) is 25.5 Å². The van der Waals surface area contributed by atoms with Gasteiger partial charge in [-0.3, -0.25) is 14.9 Å². The van der Waals surface area contributed by atoms with E-state index in [1.807, 2.05) is 0 Å². The molecule has 1 aliphatic carbocycles. The SMILES string of the molecule is Cc1cc(-c2c(F)c(Cl)c(-c3cn4cc(NC(=O)[C@@H]5C[C@@H]5F)nc4cn3)c3cn[nH]c23)co1. The molecule has 0 spiro atoms. The summed E-state index contributed by atoms with van der Waals surface area (Å²) >= 11 is 6.50. The van der Waals surface area contributed by atoms with Gasteiger partial charge in [0.05, 0.1) is 47.0 Å². The van der Waals surface area contributed by atoms with E-state index in [1.54, 1.807) is 36.0 Å². The number of H-pyrrole nitrogens is 1. The number of halogens is 3. The lowest BCUT2D eigenvalue weighted by Gasteiger charge is -2.11. The number of benzene rings is 1. The van der Waals surface area contributed by atoms with Gasteiger partial charge in [-0.15, -0.1) is 0 Å². The Balaban J connectivity index is 1.45. The predicted octanol–water partition coefficient (Wildman–Crippen LogP) is 4.93. The number of carbonyl (C=O) groups excluding carboxylic acids is 1. The third kappa shape index (κ3) is 3.17. The minimum atomic E-state index is -1.10. The number of rotatable bonds is 4. The lowest BCUT2D eigenvalue weighted by Crippen LogP contribution is -2.15. The van der Waals surface area contributed by atoms with Crippen LogP contribution in [0.1, 0.15) is 12.2 Å². The third-order valence-corrected chi connectivity index (χ3v) is 6.06.